The second-order valence-electron chi connectivity index (χ2n) is 5.71. The predicted octanol–water partition coefficient (Wildman–Crippen LogP) is 1.82. The van der Waals surface area contributed by atoms with Crippen LogP contribution in [0.4, 0.5) is 0 Å². The average Bonchev–Trinajstić information content (AvgIpc) is 2.16. The standard InChI is InChI=1S/C13H28N2O2/c1-7-8-13(5,14)11(16)15-10(2)9-12(3,4)17-6/h10H,7-9,14H2,1-6H3,(H,15,16). The SMILES string of the molecule is CCCC(C)(N)C(=O)NC(C)CC(C)(C)OC. The molecule has 0 aromatic rings. The lowest BCUT2D eigenvalue weighted by atomic mass is 9.94. The summed E-state index contributed by atoms with van der Waals surface area (Å²) < 4.78 is 5.34. The summed E-state index contributed by atoms with van der Waals surface area (Å²) in [5, 5.41) is 2.95. The van der Waals surface area contributed by atoms with Gasteiger partial charge in [-0.15, -0.1) is 0 Å². The van der Waals surface area contributed by atoms with Gasteiger partial charge in [-0.25, -0.2) is 0 Å². The van der Waals surface area contributed by atoms with E-state index in [4.69, 9.17) is 10.5 Å². The van der Waals surface area contributed by atoms with E-state index in [1.807, 2.05) is 27.7 Å². The van der Waals surface area contributed by atoms with E-state index in [0.29, 0.717) is 6.42 Å². The summed E-state index contributed by atoms with van der Waals surface area (Å²) in [5.74, 6) is -0.0845. The Labute approximate surface area is 105 Å². The zero-order valence-electron chi connectivity index (χ0n) is 12.1. The highest BCUT2D eigenvalue weighted by Crippen LogP contribution is 2.16. The summed E-state index contributed by atoms with van der Waals surface area (Å²) in [4.78, 5) is 12.0. The van der Waals surface area contributed by atoms with Crippen molar-refractivity contribution in [2.75, 3.05) is 7.11 Å². The molecule has 0 radical (unpaired) electrons. The van der Waals surface area contributed by atoms with Crippen LogP contribution in [0.3, 0.4) is 0 Å². The van der Waals surface area contributed by atoms with Gasteiger partial charge in [0.25, 0.3) is 0 Å². The third kappa shape index (κ3) is 6.03. The van der Waals surface area contributed by atoms with Gasteiger partial charge in [0.2, 0.25) is 5.91 Å². The number of nitrogens with one attached hydrogen (secondary N) is 1. The summed E-state index contributed by atoms with van der Waals surface area (Å²) in [6, 6.07) is 0.0529. The van der Waals surface area contributed by atoms with Gasteiger partial charge in [0.15, 0.2) is 0 Å². The lowest BCUT2D eigenvalue weighted by Gasteiger charge is -2.30. The number of methoxy groups -OCH3 is 1. The van der Waals surface area contributed by atoms with Crippen molar-refractivity contribution in [1.29, 1.82) is 0 Å². The summed E-state index contributed by atoms with van der Waals surface area (Å²) in [5.41, 5.74) is 4.96. The van der Waals surface area contributed by atoms with Crippen LogP contribution in [0.1, 0.15) is 53.9 Å². The average molecular weight is 244 g/mol. The Balaban J connectivity index is 4.30. The number of rotatable bonds is 7. The zero-order valence-corrected chi connectivity index (χ0v) is 12.1. The van der Waals surface area contributed by atoms with Crippen LogP contribution in [-0.4, -0.2) is 30.2 Å². The Morgan fingerprint density at radius 3 is 2.35 bits per heavy atom. The normalized spacial score (nSPS) is 17.4. The van der Waals surface area contributed by atoms with E-state index >= 15 is 0 Å². The van der Waals surface area contributed by atoms with Gasteiger partial charge in [-0.2, -0.15) is 0 Å². The van der Waals surface area contributed by atoms with Gasteiger partial charge in [0, 0.05) is 13.2 Å². The maximum Gasteiger partial charge on any atom is 0.240 e. The summed E-state index contributed by atoms with van der Waals surface area (Å²) >= 11 is 0. The molecule has 0 aromatic heterocycles. The number of hydrogen-bond acceptors (Lipinski definition) is 3. The Bertz CT molecular complexity index is 250. The number of nitrogens with two attached hydrogens (primary N) is 1. The number of hydrogen-bond donors (Lipinski definition) is 2. The maximum atomic E-state index is 12.0. The fourth-order valence-corrected chi connectivity index (χ4v) is 1.89. The fourth-order valence-electron chi connectivity index (χ4n) is 1.89. The third-order valence-corrected chi connectivity index (χ3v) is 3.02. The molecule has 102 valence electrons. The molecule has 0 fully saturated rings. The minimum absolute atomic E-state index is 0.0529. The van der Waals surface area contributed by atoms with Crippen molar-refractivity contribution in [1.82, 2.24) is 5.32 Å². The van der Waals surface area contributed by atoms with Crippen LogP contribution in [0.25, 0.3) is 0 Å². The van der Waals surface area contributed by atoms with Crippen molar-refractivity contribution in [3.63, 3.8) is 0 Å². The lowest BCUT2D eigenvalue weighted by Crippen LogP contribution is -2.54. The molecule has 3 N–H and O–H groups in total. The first-order valence-electron chi connectivity index (χ1n) is 6.29. The van der Waals surface area contributed by atoms with Gasteiger partial charge in [0.05, 0.1) is 11.1 Å². The first-order chi connectivity index (χ1) is 7.64. The molecule has 0 saturated heterocycles. The molecule has 0 heterocycles. The lowest BCUT2D eigenvalue weighted by molar-refractivity contribution is -0.127. The van der Waals surface area contributed by atoms with Crippen molar-refractivity contribution in [3.05, 3.63) is 0 Å². The molecule has 0 rings (SSSR count). The molecule has 4 heteroatoms. The van der Waals surface area contributed by atoms with E-state index in [1.165, 1.54) is 0 Å². The van der Waals surface area contributed by atoms with Gasteiger partial charge in [0.1, 0.15) is 0 Å². The molecule has 1 amide bonds. The largest absolute Gasteiger partial charge is 0.379 e. The van der Waals surface area contributed by atoms with Crippen molar-refractivity contribution < 1.29 is 9.53 Å². The van der Waals surface area contributed by atoms with Crippen molar-refractivity contribution in [2.24, 2.45) is 5.73 Å². The molecule has 0 aliphatic heterocycles. The van der Waals surface area contributed by atoms with Crippen LogP contribution in [-0.2, 0) is 9.53 Å². The Morgan fingerprint density at radius 2 is 1.94 bits per heavy atom. The Morgan fingerprint density at radius 1 is 1.41 bits per heavy atom. The molecule has 17 heavy (non-hydrogen) atoms. The smallest absolute Gasteiger partial charge is 0.240 e. The fraction of sp³-hybridized carbons (Fsp3) is 0.923. The summed E-state index contributed by atoms with van der Waals surface area (Å²) in [6.45, 7) is 9.78. The molecule has 0 aromatic carbocycles. The summed E-state index contributed by atoms with van der Waals surface area (Å²) in [6.07, 6.45) is 2.36. The van der Waals surface area contributed by atoms with Crippen LogP contribution in [0.5, 0.6) is 0 Å². The van der Waals surface area contributed by atoms with Crippen molar-refractivity contribution in [2.45, 2.75) is 71.1 Å². The van der Waals surface area contributed by atoms with E-state index in [2.05, 4.69) is 5.32 Å². The van der Waals surface area contributed by atoms with Crippen LogP contribution in [0.2, 0.25) is 0 Å². The molecular weight excluding hydrogens is 216 g/mol. The topological polar surface area (TPSA) is 64.4 Å². The number of ether oxygens (including phenoxy) is 1. The van der Waals surface area contributed by atoms with Crippen LogP contribution in [0.15, 0.2) is 0 Å². The molecular formula is C13H28N2O2. The monoisotopic (exact) mass is 244 g/mol. The van der Waals surface area contributed by atoms with Crippen LogP contribution < -0.4 is 11.1 Å². The number of amides is 1. The predicted molar refractivity (Wildman–Crippen MR) is 70.8 cm³/mol. The van der Waals surface area contributed by atoms with Gasteiger partial charge < -0.3 is 15.8 Å². The van der Waals surface area contributed by atoms with E-state index in [0.717, 1.165) is 12.8 Å². The van der Waals surface area contributed by atoms with Crippen LogP contribution >= 0.6 is 0 Å². The Hall–Kier alpha value is -0.610. The van der Waals surface area contributed by atoms with E-state index in [-0.39, 0.29) is 17.6 Å². The number of carbonyl (C=O) groups is 1. The highest BCUT2D eigenvalue weighted by Gasteiger charge is 2.29. The van der Waals surface area contributed by atoms with Gasteiger partial charge in [-0.05, 0) is 40.5 Å². The van der Waals surface area contributed by atoms with Crippen molar-refractivity contribution in [3.8, 4) is 0 Å². The molecule has 0 saturated carbocycles. The second-order valence-corrected chi connectivity index (χ2v) is 5.71. The molecule has 0 aliphatic carbocycles. The quantitative estimate of drug-likeness (QED) is 0.718. The van der Waals surface area contributed by atoms with E-state index in [1.54, 1.807) is 14.0 Å². The Kier molecular flexibility index (Phi) is 6.13. The van der Waals surface area contributed by atoms with Gasteiger partial charge >= 0.3 is 0 Å². The van der Waals surface area contributed by atoms with Gasteiger partial charge in [-0.1, -0.05) is 13.3 Å². The van der Waals surface area contributed by atoms with Gasteiger partial charge in [-0.3, -0.25) is 4.79 Å². The highest BCUT2D eigenvalue weighted by atomic mass is 16.5. The highest BCUT2D eigenvalue weighted by molar-refractivity contribution is 5.85. The first kappa shape index (κ1) is 16.4. The van der Waals surface area contributed by atoms with E-state index < -0.39 is 5.54 Å². The first-order valence-corrected chi connectivity index (χ1v) is 6.29. The van der Waals surface area contributed by atoms with Crippen LogP contribution in [0, 0.1) is 0 Å². The number of carbonyl (C=O) groups excluding carboxylic acids is 1. The molecule has 0 aliphatic rings. The molecule has 0 spiro atoms. The minimum atomic E-state index is -0.778. The summed E-state index contributed by atoms with van der Waals surface area (Å²) in [7, 11) is 1.68. The molecule has 2 atom stereocenters. The molecule has 4 nitrogen and oxygen atoms in total. The molecule has 2 unspecified atom stereocenters. The zero-order chi connectivity index (χ0) is 13.7. The minimum Gasteiger partial charge on any atom is -0.379 e. The second kappa shape index (κ2) is 6.36. The molecule has 0 bridgehead atoms. The maximum absolute atomic E-state index is 12.0. The van der Waals surface area contributed by atoms with E-state index in [9.17, 15) is 4.79 Å². The van der Waals surface area contributed by atoms with Crippen molar-refractivity contribution >= 4 is 5.91 Å². The third-order valence-electron chi connectivity index (χ3n) is 3.02.